The second kappa shape index (κ2) is 14.9. The molecule has 2 aromatic heterocycles. The van der Waals surface area contributed by atoms with E-state index in [0.29, 0.717) is 0 Å². The van der Waals surface area contributed by atoms with E-state index in [1.165, 1.54) is 19.3 Å². The maximum atomic E-state index is 13.7. The van der Waals surface area contributed by atoms with Crippen LogP contribution in [0.2, 0.25) is 0 Å². The minimum absolute atomic E-state index is 0.125. The average Bonchev–Trinajstić information content (AvgIpc) is 3.34. The number of rotatable bonds is 14. The average molecular weight is 531 g/mol. The van der Waals surface area contributed by atoms with Crippen LogP contribution in [0.4, 0.5) is 0 Å². The van der Waals surface area contributed by atoms with Crippen molar-refractivity contribution in [3.63, 3.8) is 0 Å². The van der Waals surface area contributed by atoms with Gasteiger partial charge in [-0.2, -0.15) is 5.10 Å². The van der Waals surface area contributed by atoms with Crippen LogP contribution in [0.1, 0.15) is 87.6 Å². The normalized spacial score (nSPS) is 14.3. The SMILES string of the molecule is CCCCCN(CCCCC)C(=O)c1ccn2nc(-c3ccc(OC)cc3)c(/C=C/CN3CCCCC3)c2c1. The Morgan fingerprint density at radius 2 is 1.67 bits per heavy atom. The second-order valence-electron chi connectivity index (χ2n) is 10.7. The number of hydrogen-bond acceptors (Lipinski definition) is 4. The second-order valence-corrected chi connectivity index (χ2v) is 10.7. The lowest BCUT2D eigenvalue weighted by molar-refractivity contribution is 0.0749. The van der Waals surface area contributed by atoms with Gasteiger partial charge in [-0.15, -0.1) is 0 Å². The fraction of sp³-hybridized carbons (Fsp3) is 0.515. The van der Waals surface area contributed by atoms with E-state index in [9.17, 15) is 4.79 Å². The molecule has 0 atom stereocenters. The molecule has 0 aliphatic carbocycles. The van der Waals surface area contributed by atoms with Crippen molar-refractivity contribution in [3.8, 4) is 17.0 Å². The lowest BCUT2D eigenvalue weighted by atomic mass is 10.0. The lowest BCUT2D eigenvalue weighted by Crippen LogP contribution is -2.33. The Morgan fingerprint density at radius 1 is 0.974 bits per heavy atom. The molecule has 39 heavy (non-hydrogen) atoms. The minimum atomic E-state index is 0.125. The zero-order valence-corrected chi connectivity index (χ0v) is 24.2. The number of carbonyl (C=O) groups excluding carboxylic acids is 1. The highest BCUT2D eigenvalue weighted by Gasteiger charge is 2.19. The molecule has 6 nitrogen and oxygen atoms in total. The summed E-state index contributed by atoms with van der Waals surface area (Å²) in [6.45, 7) is 9.31. The van der Waals surface area contributed by atoms with Crippen LogP contribution in [0.25, 0.3) is 22.9 Å². The predicted molar refractivity (Wildman–Crippen MR) is 161 cm³/mol. The van der Waals surface area contributed by atoms with E-state index in [2.05, 4.69) is 47.9 Å². The molecule has 1 aliphatic rings. The van der Waals surface area contributed by atoms with Gasteiger partial charge in [0.1, 0.15) is 11.4 Å². The molecule has 4 rings (SSSR count). The number of pyridine rings is 1. The fourth-order valence-corrected chi connectivity index (χ4v) is 5.39. The molecule has 0 spiro atoms. The van der Waals surface area contributed by atoms with Gasteiger partial charge in [0.05, 0.1) is 12.6 Å². The zero-order valence-electron chi connectivity index (χ0n) is 24.2. The summed E-state index contributed by atoms with van der Waals surface area (Å²) in [5, 5.41) is 4.96. The highest BCUT2D eigenvalue weighted by Crippen LogP contribution is 2.30. The van der Waals surface area contributed by atoms with E-state index >= 15 is 0 Å². The van der Waals surface area contributed by atoms with Crippen LogP contribution in [0.5, 0.6) is 5.75 Å². The number of amides is 1. The van der Waals surface area contributed by atoms with Gasteiger partial charge in [0, 0.05) is 42.5 Å². The standard InChI is InChI=1S/C33H46N4O2/c1-4-6-9-23-36(24-10-7-5-2)33(38)28-19-25-37-31(26-28)30(14-13-22-35-20-11-8-12-21-35)32(34-37)27-15-17-29(39-3)18-16-27/h13-19,25-26H,4-12,20-24H2,1-3H3/b14-13+. The van der Waals surface area contributed by atoms with E-state index < -0.39 is 0 Å². The summed E-state index contributed by atoms with van der Waals surface area (Å²) in [4.78, 5) is 18.3. The third-order valence-corrected chi connectivity index (χ3v) is 7.73. The topological polar surface area (TPSA) is 50.1 Å². The van der Waals surface area contributed by atoms with Crippen LogP contribution in [0.3, 0.4) is 0 Å². The van der Waals surface area contributed by atoms with Gasteiger partial charge in [0.15, 0.2) is 0 Å². The molecule has 3 aromatic rings. The molecule has 0 unspecified atom stereocenters. The number of aromatic nitrogens is 2. The molecule has 1 amide bonds. The van der Waals surface area contributed by atoms with Gasteiger partial charge in [-0.25, -0.2) is 4.52 Å². The van der Waals surface area contributed by atoms with Crippen molar-refractivity contribution in [1.29, 1.82) is 0 Å². The number of fused-ring (bicyclic) bond motifs is 1. The number of methoxy groups -OCH3 is 1. The Kier molecular flexibility index (Phi) is 11.0. The third kappa shape index (κ3) is 7.72. The van der Waals surface area contributed by atoms with Crippen molar-refractivity contribution in [1.82, 2.24) is 19.4 Å². The Hall–Kier alpha value is -3.12. The monoisotopic (exact) mass is 530 g/mol. The van der Waals surface area contributed by atoms with E-state index in [4.69, 9.17) is 9.84 Å². The quantitative estimate of drug-likeness (QED) is 0.205. The first kappa shape index (κ1) is 28.9. The number of unbranched alkanes of at least 4 members (excludes halogenated alkanes) is 4. The number of carbonyl (C=O) groups is 1. The smallest absolute Gasteiger partial charge is 0.253 e. The predicted octanol–water partition coefficient (Wildman–Crippen LogP) is 7.33. The van der Waals surface area contributed by atoms with E-state index in [1.54, 1.807) is 7.11 Å². The summed E-state index contributed by atoms with van der Waals surface area (Å²) in [5.41, 5.74) is 4.70. The van der Waals surface area contributed by atoms with Gasteiger partial charge < -0.3 is 9.64 Å². The van der Waals surface area contributed by atoms with E-state index in [-0.39, 0.29) is 5.91 Å². The number of benzene rings is 1. The molecule has 1 aliphatic heterocycles. The number of likely N-dealkylation sites (tertiary alicyclic amines) is 1. The van der Waals surface area contributed by atoms with Crippen molar-refractivity contribution < 1.29 is 9.53 Å². The van der Waals surface area contributed by atoms with Gasteiger partial charge in [0.25, 0.3) is 5.91 Å². The summed E-state index contributed by atoms with van der Waals surface area (Å²) < 4.78 is 7.29. The van der Waals surface area contributed by atoms with Gasteiger partial charge in [0.2, 0.25) is 0 Å². The molecule has 0 N–H and O–H groups in total. The van der Waals surface area contributed by atoms with Crippen LogP contribution in [-0.4, -0.2) is 65.2 Å². The number of piperidine rings is 1. The maximum absolute atomic E-state index is 13.7. The van der Waals surface area contributed by atoms with Crippen LogP contribution in [-0.2, 0) is 0 Å². The first-order valence-electron chi connectivity index (χ1n) is 15.0. The first-order valence-corrected chi connectivity index (χ1v) is 15.0. The van der Waals surface area contributed by atoms with Gasteiger partial charge in [-0.3, -0.25) is 9.69 Å². The Balaban J connectivity index is 1.67. The van der Waals surface area contributed by atoms with Crippen LogP contribution in [0.15, 0.2) is 48.7 Å². The molecule has 0 bridgehead atoms. The minimum Gasteiger partial charge on any atom is -0.497 e. The van der Waals surface area contributed by atoms with Gasteiger partial charge >= 0.3 is 0 Å². The van der Waals surface area contributed by atoms with Crippen molar-refractivity contribution in [2.24, 2.45) is 0 Å². The number of hydrogen-bond donors (Lipinski definition) is 0. The summed E-state index contributed by atoms with van der Waals surface area (Å²) in [7, 11) is 1.68. The van der Waals surface area contributed by atoms with Crippen LogP contribution >= 0.6 is 0 Å². The third-order valence-electron chi connectivity index (χ3n) is 7.73. The summed E-state index contributed by atoms with van der Waals surface area (Å²) in [6, 6.07) is 12.0. The van der Waals surface area contributed by atoms with E-state index in [1.807, 2.05) is 35.0 Å². The largest absolute Gasteiger partial charge is 0.497 e. The van der Waals surface area contributed by atoms with Crippen molar-refractivity contribution in [2.75, 3.05) is 39.8 Å². The Bertz CT molecular complexity index is 1200. The summed E-state index contributed by atoms with van der Waals surface area (Å²) in [6.07, 6.45) is 17.0. The number of nitrogens with zero attached hydrogens (tertiary/aromatic N) is 4. The van der Waals surface area contributed by atoms with E-state index in [0.717, 1.165) is 105 Å². The number of ether oxygens (including phenoxy) is 1. The molecular formula is C33H46N4O2. The van der Waals surface area contributed by atoms with Crippen molar-refractivity contribution >= 4 is 17.5 Å². The maximum Gasteiger partial charge on any atom is 0.253 e. The molecule has 0 radical (unpaired) electrons. The molecule has 3 heterocycles. The highest BCUT2D eigenvalue weighted by atomic mass is 16.5. The van der Waals surface area contributed by atoms with Crippen molar-refractivity contribution in [3.05, 3.63) is 59.8 Å². The fourth-order valence-electron chi connectivity index (χ4n) is 5.39. The molecule has 1 aromatic carbocycles. The zero-order chi connectivity index (χ0) is 27.5. The van der Waals surface area contributed by atoms with Crippen LogP contribution in [0, 0.1) is 0 Å². The molecule has 1 saturated heterocycles. The molecular weight excluding hydrogens is 484 g/mol. The van der Waals surface area contributed by atoms with Gasteiger partial charge in [-0.1, -0.05) is 58.1 Å². The molecule has 6 heteroatoms. The molecule has 0 saturated carbocycles. The first-order chi connectivity index (χ1) is 19.1. The summed E-state index contributed by atoms with van der Waals surface area (Å²) >= 11 is 0. The lowest BCUT2D eigenvalue weighted by Gasteiger charge is -2.24. The van der Waals surface area contributed by atoms with Crippen molar-refractivity contribution in [2.45, 2.75) is 71.6 Å². The molecule has 1 fully saturated rings. The Labute approximate surface area is 234 Å². The highest BCUT2D eigenvalue weighted by molar-refractivity contribution is 5.96. The Morgan fingerprint density at radius 3 is 2.31 bits per heavy atom. The summed E-state index contributed by atoms with van der Waals surface area (Å²) in [5.74, 6) is 0.948. The van der Waals surface area contributed by atoms with Gasteiger partial charge in [-0.05, 0) is 75.2 Å². The van der Waals surface area contributed by atoms with Crippen LogP contribution < -0.4 is 4.74 Å². The molecule has 210 valence electrons.